The van der Waals surface area contributed by atoms with Crippen LogP contribution in [-0.4, -0.2) is 89.3 Å². The highest BCUT2D eigenvalue weighted by Gasteiger charge is 2.51. The van der Waals surface area contributed by atoms with Crippen molar-refractivity contribution in [2.45, 2.75) is 63.4 Å². The number of imidazole rings is 1. The molecule has 11 nitrogen and oxygen atoms in total. The number of nitrogens with zero attached hydrogens (tertiary/aromatic N) is 6. The molecule has 1 aliphatic heterocycles. The molecule has 1 aliphatic rings. The van der Waals surface area contributed by atoms with Crippen LogP contribution in [0.25, 0.3) is 11.2 Å². The summed E-state index contributed by atoms with van der Waals surface area (Å²) in [5.74, 6) is 0.148. The largest absolute Gasteiger partial charge is 0.407 e. The number of hydrogen-bond acceptors (Lipinski definition) is 8. The van der Waals surface area contributed by atoms with E-state index in [1.807, 2.05) is 44.4 Å². The Morgan fingerprint density at radius 3 is 2.61 bits per heavy atom. The van der Waals surface area contributed by atoms with Crippen molar-refractivity contribution in [1.29, 1.82) is 0 Å². The molecule has 1 fully saturated rings. The van der Waals surface area contributed by atoms with Gasteiger partial charge in [0.2, 0.25) is 5.95 Å². The number of aliphatic hydroxyl groups is 1. The van der Waals surface area contributed by atoms with Crippen LogP contribution in [0.4, 0.5) is 5.95 Å². The van der Waals surface area contributed by atoms with E-state index >= 15 is 0 Å². The number of aromatic amines is 1. The predicted octanol–water partition coefficient (Wildman–Crippen LogP) is 3.11. The van der Waals surface area contributed by atoms with Gasteiger partial charge >= 0.3 is 0 Å². The van der Waals surface area contributed by atoms with Gasteiger partial charge < -0.3 is 19.2 Å². The molecular formula is C26H37N7O4Si. The fraction of sp³-hybridized carbons (Fsp3) is 0.500. The minimum absolute atomic E-state index is 0.0803. The van der Waals surface area contributed by atoms with Crippen molar-refractivity contribution in [1.82, 2.24) is 24.4 Å². The van der Waals surface area contributed by atoms with Gasteiger partial charge in [-0.3, -0.25) is 19.3 Å². The Balaban J connectivity index is 1.81. The van der Waals surface area contributed by atoms with Crippen LogP contribution in [0.2, 0.25) is 18.1 Å². The third kappa shape index (κ3) is 5.78. The average molecular weight is 540 g/mol. The third-order valence-electron chi connectivity index (χ3n) is 7.03. The van der Waals surface area contributed by atoms with E-state index in [-0.39, 0.29) is 23.1 Å². The monoisotopic (exact) mass is 539 g/mol. The summed E-state index contributed by atoms with van der Waals surface area (Å²) in [5, 5.41) is 10.2. The molecule has 204 valence electrons. The van der Waals surface area contributed by atoms with Crippen LogP contribution < -0.4 is 5.56 Å². The molecule has 2 aromatic heterocycles. The maximum atomic E-state index is 12.8. The van der Waals surface area contributed by atoms with Crippen molar-refractivity contribution in [2.24, 2.45) is 9.98 Å². The molecule has 0 saturated carbocycles. The lowest BCUT2D eigenvalue weighted by molar-refractivity contribution is -0.0462. The molecule has 38 heavy (non-hydrogen) atoms. The number of fused-ring (bicyclic) bond motifs is 1. The van der Waals surface area contributed by atoms with Crippen molar-refractivity contribution in [2.75, 3.05) is 20.7 Å². The van der Waals surface area contributed by atoms with Crippen molar-refractivity contribution < 1.29 is 14.3 Å². The smallest absolute Gasteiger partial charge is 0.280 e. The first-order valence-corrected chi connectivity index (χ1v) is 15.5. The molecule has 4 rings (SSSR count). The van der Waals surface area contributed by atoms with Gasteiger partial charge in [0, 0.05) is 20.3 Å². The number of nitrogens with one attached hydrogen (secondary N) is 1. The zero-order chi connectivity index (χ0) is 27.7. The van der Waals surface area contributed by atoms with E-state index < -0.39 is 38.4 Å². The zero-order valence-corrected chi connectivity index (χ0v) is 24.0. The van der Waals surface area contributed by atoms with E-state index in [2.05, 4.69) is 53.8 Å². The second-order valence-corrected chi connectivity index (χ2v) is 15.9. The first kappa shape index (κ1) is 27.8. The van der Waals surface area contributed by atoms with Crippen molar-refractivity contribution >= 4 is 38.0 Å². The van der Waals surface area contributed by atoms with E-state index in [4.69, 9.17) is 14.2 Å². The number of aliphatic imine (C=N–C) groups is 2. The Morgan fingerprint density at radius 2 is 1.97 bits per heavy atom. The summed E-state index contributed by atoms with van der Waals surface area (Å²) >= 11 is 0. The Hall–Kier alpha value is -3.19. The first-order valence-electron chi connectivity index (χ1n) is 12.6. The molecule has 1 aromatic carbocycles. The van der Waals surface area contributed by atoms with Gasteiger partial charge in [0.1, 0.15) is 18.2 Å². The summed E-state index contributed by atoms with van der Waals surface area (Å²) in [6, 6.07) is 9.26. The lowest BCUT2D eigenvalue weighted by Gasteiger charge is -2.40. The van der Waals surface area contributed by atoms with E-state index in [1.54, 1.807) is 22.0 Å². The van der Waals surface area contributed by atoms with Crippen LogP contribution in [0.5, 0.6) is 0 Å². The van der Waals surface area contributed by atoms with Crippen LogP contribution >= 0.6 is 0 Å². The van der Waals surface area contributed by atoms with Crippen molar-refractivity contribution in [3.05, 3.63) is 52.6 Å². The maximum Gasteiger partial charge on any atom is 0.280 e. The van der Waals surface area contributed by atoms with E-state index in [0.29, 0.717) is 5.65 Å². The summed E-state index contributed by atoms with van der Waals surface area (Å²) < 4.78 is 15.0. The van der Waals surface area contributed by atoms with Gasteiger partial charge in [-0.05, 0) is 23.7 Å². The Kier molecular flexibility index (Phi) is 7.97. The second kappa shape index (κ2) is 10.9. The van der Waals surface area contributed by atoms with Crippen LogP contribution in [0.15, 0.2) is 51.4 Å². The molecule has 3 aromatic rings. The number of rotatable bonds is 8. The van der Waals surface area contributed by atoms with Crippen LogP contribution in [0.1, 0.15) is 32.6 Å². The highest BCUT2D eigenvalue weighted by molar-refractivity contribution is 6.74. The van der Waals surface area contributed by atoms with Gasteiger partial charge in [-0.2, -0.15) is 4.98 Å². The van der Waals surface area contributed by atoms with Gasteiger partial charge in [0.15, 0.2) is 25.7 Å². The normalized spacial score (nSPS) is 22.7. The van der Waals surface area contributed by atoms with Gasteiger partial charge in [0.05, 0.1) is 19.3 Å². The van der Waals surface area contributed by atoms with E-state index in [0.717, 1.165) is 5.56 Å². The summed E-state index contributed by atoms with van der Waals surface area (Å²) in [6.45, 7) is 10.6. The van der Waals surface area contributed by atoms with Crippen molar-refractivity contribution in [3.63, 3.8) is 0 Å². The molecule has 2 N–H and O–H groups in total. The minimum Gasteiger partial charge on any atom is -0.407 e. The second-order valence-electron chi connectivity index (χ2n) is 11.2. The molecule has 1 saturated heterocycles. The fourth-order valence-corrected chi connectivity index (χ4v) is 5.25. The molecule has 0 unspecified atom stereocenters. The SMILES string of the molecule is CN(C)/C=N/c1nc2c(ncn2[C@@H]2O[C@H](CO)[C@@H](N=Cc3ccccc3)[C@H]2O[Si](C)(C)C(C)(C)C)c(=O)[nH]1. The summed E-state index contributed by atoms with van der Waals surface area (Å²) in [4.78, 5) is 35.1. The molecule has 0 amide bonds. The van der Waals surface area contributed by atoms with Crippen LogP contribution in [-0.2, 0) is 9.16 Å². The van der Waals surface area contributed by atoms with Gasteiger partial charge in [-0.1, -0.05) is 51.1 Å². The number of benzene rings is 1. The molecule has 0 aliphatic carbocycles. The molecule has 0 bridgehead atoms. The summed E-state index contributed by atoms with van der Waals surface area (Å²) in [7, 11) is 1.33. The number of hydrogen-bond donors (Lipinski definition) is 2. The third-order valence-corrected chi connectivity index (χ3v) is 11.5. The molecule has 0 radical (unpaired) electrons. The minimum atomic E-state index is -2.32. The van der Waals surface area contributed by atoms with Crippen molar-refractivity contribution in [3.8, 4) is 0 Å². The Morgan fingerprint density at radius 1 is 1.26 bits per heavy atom. The summed E-state index contributed by atoms with van der Waals surface area (Å²) in [6.07, 6.45) is 2.96. The zero-order valence-electron chi connectivity index (χ0n) is 23.0. The topological polar surface area (TPSA) is 130 Å². The van der Waals surface area contributed by atoms with Gasteiger partial charge in [0.25, 0.3) is 5.56 Å². The highest BCUT2D eigenvalue weighted by atomic mass is 28.4. The summed E-state index contributed by atoms with van der Waals surface area (Å²) in [5.41, 5.74) is 1.01. The molecule has 3 heterocycles. The fourth-order valence-electron chi connectivity index (χ4n) is 3.96. The lowest BCUT2D eigenvalue weighted by Crippen LogP contribution is -2.48. The molecule has 0 spiro atoms. The predicted molar refractivity (Wildman–Crippen MR) is 151 cm³/mol. The van der Waals surface area contributed by atoms with E-state index in [1.165, 1.54) is 6.33 Å². The Bertz CT molecular complexity index is 1360. The quantitative estimate of drug-likeness (QED) is 0.256. The number of aliphatic hydroxyl groups excluding tert-OH is 1. The Labute approximate surface area is 223 Å². The van der Waals surface area contributed by atoms with Gasteiger partial charge in [-0.15, -0.1) is 0 Å². The first-order chi connectivity index (χ1) is 17.9. The maximum absolute atomic E-state index is 12.8. The average Bonchev–Trinajstić information content (AvgIpc) is 3.42. The number of H-pyrrole nitrogens is 1. The number of aromatic nitrogens is 4. The standard InChI is InChI=1S/C26H37N7O4Si/c1-26(2,3)38(6,7)37-21-19(27-13-17-11-9-8-10-12-17)18(14-34)36-24(21)33-16-28-20-22(33)30-25(31-23(20)35)29-15-32(4)5/h8-13,15-16,18-19,21,24,34H,14H2,1-7H3,(H,30,31,35)/b27-13?,29-15+/t18-,19-,21-,24-/m1/s1. The molecule has 12 heteroatoms. The van der Waals surface area contributed by atoms with Gasteiger partial charge in [-0.25, -0.2) is 9.98 Å². The van der Waals surface area contributed by atoms with Crippen LogP contribution in [0.3, 0.4) is 0 Å². The highest BCUT2D eigenvalue weighted by Crippen LogP contribution is 2.43. The number of ether oxygens (including phenoxy) is 1. The molecule has 4 atom stereocenters. The van der Waals surface area contributed by atoms with E-state index in [9.17, 15) is 9.90 Å². The molecular weight excluding hydrogens is 502 g/mol. The van der Waals surface area contributed by atoms with Crippen LogP contribution in [0, 0.1) is 0 Å². The lowest BCUT2D eigenvalue weighted by atomic mass is 10.1.